The monoisotopic (exact) mass is 421 g/mol. The third kappa shape index (κ3) is 5.00. The van der Waals surface area contributed by atoms with Crippen LogP contribution in [-0.4, -0.2) is 11.7 Å². The summed E-state index contributed by atoms with van der Waals surface area (Å²) in [6.45, 7) is 6.26. The van der Waals surface area contributed by atoms with Gasteiger partial charge in [0, 0.05) is 11.1 Å². The highest BCUT2D eigenvalue weighted by Gasteiger charge is 2.30. The number of anilines is 1. The standard InChI is InChI=1S/C20H18F3N3O2S/c1-3-27-16-9-4-6-13-10-17(28-18(13)16)12(2)25-26-19(29)24-15-8-5-7-14(11-15)20(21,22)23/h4-11,25H,2-3H2,1H3,(H2,24,26,29). The molecule has 0 amide bonds. The number of hydrogen-bond donors (Lipinski definition) is 3. The molecule has 152 valence electrons. The lowest BCUT2D eigenvalue weighted by molar-refractivity contribution is -0.137. The van der Waals surface area contributed by atoms with Crippen molar-refractivity contribution in [3.63, 3.8) is 0 Å². The number of fused-ring (bicyclic) bond motifs is 1. The van der Waals surface area contributed by atoms with E-state index in [-0.39, 0.29) is 10.8 Å². The number of nitrogens with one attached hydrogen (secondary N) is 3. The van der Waals surface area contributed by atoms with E-state index in [9.17, 15) is 13.2 Å². The molecule has 9 heteroatoms. The van der Waals surface area contributed by atoms with Gasteiger partial charge in [0.1, 0.15) is 0 Å². The van der Waals surface area contributed by atoms with Crippen LogP contribution >= 0.6 is 12.2 Å². The van der Waals surface area contributed by atoms with E-state index in [0.29, 0.717) is 29.4 Å². The maximum absolute atomic E-state index is 12.8. The molecule has 0 saturated carbocycles. The van der Waals surface area contributed by atoms with E-state index >= 15 is 0 Å². The molecule has 0 bridgehead atoms. The zero-order chi connectivity index (χ0) is 21.0. The molecular formula is C20H18F3N3O2S. The van der Waals surface area contributed by atoms with Crippen LogP contribution in [0.25, 0.3) is 16.7 Å². The number of alkyl halides is 3. The first-order valence-electron chi connectivity index (χ1n) is 8.63. The molecule has 1 heterocycles. The van der Waals surface area contributed by atoms with Crippen LogP contribution in [-0.2, 0) is 6.18 Å². The Kier molecular flexibility index (Phi) is 5.97. The normalized spacial score (nSPS) is 11.2. The van der Waals surface area contributed by atoms with E-state index in [1.807, 2.05) is 25.1 Å². The maximum atomic E-state index is 12.8. The van der Waals surface area contributed by atoms with E-state index < -0.39 is 11.7 Å². The van der Waals surface area contributed by atoms with Crippen molar-refractivity contribution in [1.82, 2.24) is 10.9 Å². The Morgan fingerprint density at radius 3 is 2.62 bits per heavy atom. The minimum Gasteiger partial charge on any atom is -0.490 e. The molecule has 0 aliphatic heterocycles. The van der Waals surface area contributed by atoms with Crippen LogP contribution in [0.3, 0.4) is 0 Å². The summed E-state index contributed by atoms with van der Waals surface area (Å²) in [4.78, 5) is 0. The Morgan fingerprint density at radius 1 is 1.14 bits per heavy atom. The molecule has 5 nitrogen and oxygen atoms in total. The fourth-order valence-corrected chi connectivity index (χ4v) is 2.75. The minimum atomic E-state index is -4.43. The quantitative estimate of drug-likeness (QED) is 0.370. The van der Waals surface area contributed by atoms with E-state index in [0.717, 1.165) is 17.5 Å². The summed E-state index contributed by atoms with van der Waals surface area (Å²) in [6, 6.07) is 12.1. The first kappa shape index (κ1) is 20.5. The average molecular weight is 421 g/mol. The summed E-state index contributed by atoms with van der Waals surface area (Å²) in [6.07, 6.45) is -4.43. The van der Waals surface area contributed by atoms with Gasteiger partial charge in [-0.2, -0.15) is 13.2 Å². The van der Waals surface area contributed by atoms with Crippen LogP contribution in [0.4, 0.5) is 18.9 Å². The predicted molar refractivity (Wildman–Crippen MR) is 110 cm³/mol. The lowest BCUT2D eigenvalue weighted by atomic mass is 10.2. The summed E-state index contributed by atoms with van der Waals surface area (Å²) in [5.41, 5.74) is 5.86. The van der Waals surface area contributed by atoms with E-state index in [2.05, 4.69) is 22.7 Å². The molecule has 0 aliphatic carbocycles. The number of hydrogen-bond acceptors (Lipinski definition) is 4. The largest absolute Gasteiger partial charge is 0.490 e. The number of hydrazine groups is 1. The second-order valence-corrected chi connectivity index (χ2v) is 6.39. The Labute approximate surface area is 170 Å². The molecule has 1 aromatic heterocycles. The third-order valence-corrected chi connectivity index (χ3v) is 4.08. The number of rotatable bonds is 6. The predicted octanol–water partition coefficient (Wildman–Crippen LogP) is 5.31. The Morgan fingerprint density at radius 2 is 1.90 bits per heavy atom. The molecule has 0 aliphatic rings. The Balaban J connectivity index is 1.63. The summed E-state index contributed by atoms with van der Waals surface area (Å²) >= 11 is 5.10. The van der Waals surface area contributed by atoms with Crippen molar-refractivity contribution in [3.8, 4) is 5.75 Å². The van der Waals surface area contributed by atoms with Crippen LogP contribution < -0.4 is 20.9 Å². The molecule has 0 spiro atoms. The van der Waals surface area contributed by atoms with Crippen molar-refractivity contribution in [1.29, 1.82) is 0 Å². The van der Waals surface area contributed by atoms with Crippen molar-refractivity contribution in [3.05, 3.63) is 66.4 Å². The lowest BCUT2D eigenvalue weighted by Gasteiger charge is -2.14. The van der Waals surface area contributed by atoms with Crippen molar-refractivity contribution < 1.29 is 22.3 Å². The smallest absolute Gasteiger partial charge is 0.416 e. The molecule has 0 saturated heterocycles. The molecule has 0 fully saturated rings. The van der Waals surface area contributed by atoms with Gasteiger partial charge in [0.2, 0.25) is 0 Å². The van der Waals surface area contributed by atoms with Gasteiger partial charge in [-0.05, 0) is 49.5 Å². The van der Waals surface area contributed by atoms with Gasteiger partial charge in [-0.15, -0.1) is 0 Å². The summed E-state index contributed by atoms with van der Waals surface area (Å²) in [7, 11) is 0. The summed E-state index contributed by atoms with van der Waals surface area (Å²) in [5.74, 6) is 1.08. The van der Waals surface area contributed by atoms with Gasteiger partial charge in [0.15, 0.2) is 22.2 Å². The molecule has 0 unspecified atom stereocenters. The van der Waals surface area contributed by atoms with Gasteiger partial charge in [-0.3, -0.25) is 10.9 Å². The fraction of sp³-hybridized carbons (Fsp3) is 0.150. The second-order valence-electron chi connectivity index (χ2n) is 5.98. The first-order chi connectivity index (χ1) is 13.8. The lowest BCUT2D eigenvalue weighted by Crippen LogP contribution is -2.38. The van der Waals surface area contributed by atoms with Crippen molar-refractivity contribution in [2.75, 3.05) is 11.9 Å². The summed E-state index contributed by atoms with van der Waals surface area (Å²) < 4.78 is 49.7. The van der Waals surface area contributed by atoms with Crippen LogP contribution in [0.1, 0.15) is 18.2 Å². The van der Waals surface area contributed by atoms with Crippen LogP contribution in [0, 0.1) is 0 Å². The number of halogens is 3. The highest BCUT2D eigenvalue weighted by atomic mass is 32.1. The van der Waals surface area contributed by atoms with Crippen LogP contribution in [0.15, 0.2) is 59.5 Å². The highest BCUT2D eigenvalue weighted by Crippen LogP contribution is 2.31. The van der Waals surface area contributed by atoms with Gasteiger partial charge >= 0.3 is 6.18 Å². The topological polar surface area (TPSA) is 58.5 Å². The number of ether oxygens (including phenoxy) is 1. The molecule has 2 aromatic carbocycles. The number of thiocarbonyl (C=S) groups is 1. The maximum Gasteiger partial charge on any atom is 0.416 e. The first-order valence-corrected chi connectivity index (χ1v) is 9.03. The summed E-state index contributed by atoms with van der Waals surface area (Å²) in [5, 5.41) is 3.59. The molecule has 0 atom stereocenters. The van der Waals surface area contributed by atoms with Gasteiger partial charge in [-0.1, -0.05) is 24.8 Å². The van der Waals surface area contributed by atoms with Crippen molar-refractivity contribution >= 4 is 39.7 Å². The zero-order valence-corrected chi connectivity index (χ0v) is 16.2. The molecular weight excluding hydrogens is 403 g/mol. The molecule has 3 N–H and O–H groups in total. The van der Waals surface area contributed by atoms with Crippen molar-refractivity contribution in [2.45, 2.75) is 13.1 Å². The minimum absolute atomic E-state index is 0.0663. The number of para-hydroxylation sites is 1. The zero-order valence-electron chi connectivity index (χ0n) is 15.4. The molecule has 3 rings (SSSR count). The van der Waals surface area contributed by atoms with Crippen molar-refractivity contribution in [2.24, 2.45) is 0 Å². The second kappa shape index (κ2) is 8.44. The number of benzene rings is 2. The Bertz CT molecular complexity index is 1050. The Hall–Kier alpha value is -3.20. The number of furan rings is 1. The average Bonchev–Trinajstić information content (AvgIpc) is 3.11. The van der Waals surface area contributed by atoms with Crippen LogP contribution in [0.2, 0.25) is 0 Å². The molecule has 3 aromatic rings. The fourth-order valence-electron chi connectivity index (χ4n) is 2.58. The van der Waals surface area contributed by atoms with Gasteiger partial charge in [0.25, 0.3) is 0 Å². The van der Waals surface area contributed by atoms with Gasteiger partial charge < -0.3 is 14.5 Å². The SMILES string of the molecule is C=C(NNC(=S)Nc1cccc(C(F)(F)F)c1)c1cc2cccc(OCC)c2o1. The van der Waals surface area contributed by atoms with E-state index in [1.54, 1.807) is 6.07 Å². The van der Waals surface area contributed by atoms with Crippen LogP contribution in [0.5, 0.6) is 5.75 Å². The van der Waals surface area contributed by atoms with E-state index in [1.165, 1.54) is 12.1 Å². The van der Waals surface area contributed by atoms with Gasteiger partial charge in [-0.25, -0.2) is 0 Å². The third-order valence-electron chi connectivity index (χ3n) is 3.88. The molecule has 0 radical (unpaired) electrons. The highest BCUT2D eigenvalue weighted by molar-refractivity contribution is 7.80. The van der Waals surface area contributed by atoms with E-state index in [4.69, 9.17) is 21.4 Å². The van der Waals surface area contributed by atoms with Gasteiger partial charge in [0.05, 0.1) is 17.9 Å². The molecule has 29 heavy (non-hydrogen) atoms.